The minimum Gasteiger partial charge on any atom is -0.389 e. The average Bonchev–Trinajstić information content (AvgIpc) is 1.97. The molecule has 0 aromatic heterocycles. The molecule has 0 bridgehead atoms. The first-order valence-corrected chi connectivity index (χ1v) is 4.77. The van der Waals surface area contributed by atoms with Crippen molar-refractivity contribution in [2.45, 2.75) is 46.3 Å². The van der Waals surface area contributed by atoms with Gasteiger partial charge in [-0.1, -0.05) is 0 Å². The topological polar surface area (TPSA) is 61.7 Å². The molecule has 0 aliphatic rings. The summed E-state index contributed by atoms with van der Waals surface area (Å²) in [5.74, 6) is -0.221. The quantitative estimate of drug-likeness (QED) is 0.658. The van der Waals surface area contributed by atoms with Crippen molar-refractivity contribution in [3.8, 4) is 0 Å². The number of rotatable bonds is 4. The van der Waals surface area contributed by atoms with E-state index in [0.717, 1.165) is 0 Å². The van der Waals surface area contributed by atoms with E-state index >= 15 is 0 Å². The highest BCUT2D eigenvalue weighted by molar-refractivity contribution is 6.37. The van der Waals surface area contributed by atoms with Gasteiger partial charge in [0.05, 0.1) is 11.3 Å². The van der Waals surface area contributed by atoms with Crippen LogP contribution in [0.2, 0.25) is 0 Å². The summed E-state index contributed by atoms with van der Waals surface area (Å²) in [7, 11) is 0. The predicted octanol–water partition coefficient (Wildman–Crippen LogP) is 0.743. The summed E-state index contributed by atoms with van der Waals surface area (Å²) in [6, 6.07) is 0.114. The molecule has 0 aliphatic carbocycles. The molecule has 4 nitrogen and oxygen atoms in total. The Labute approximate surface area is 85.4 Å². The molecule has 82 valence electrons. The van der Waals surface area contributed by atoms with Gasteiger partial charge in [-0.2, -0.15) is 0 Å². The Bertz CT molecular complexity index is 227. The number of aliphatic hydroxyl groups is 1. The Kier molecular flexibility index (Phi) is 4.77. The lowest BCUT2D eigenvalue weighted by Crippen LogP contribution is -2.40. The van der Waals surface area contributed by atoms with E-state index in [2.05, 4.69) is 10.3 Å². The van der Waals surface area contributed by atoms with Crippen LogP contribution in [-0.2, 0) is 4.79 Å². The van der Waals surface area contributed by atoms with Crippen molar-refractivity contribution in [3.63, 3.8) is 0 Å². The Morgan fingerprint density at radius 2 is 2.00 bits per heavy atom. The van der Waals surface area contributed by atoms with Crippen molar-refractivity contribution >= 4 is 11.6 Å². The smallest absolute Gasteiger partial charge is 0.265 e. The fourth-order valence-electron chi connectivity index (χ4n) is 0.870. The van der Waals surface area contributed by atoms with E-state index in [-0.39, 0.29) is 18.5 Å². The maximum atomic E-state index is 11.4. The van der Waals surface area contributed by atoms with E-state index in [9.17, 15) is 9.90 Å². The molecule has 1 amide bonds. The fraction of sp³-hybridized carbons (Fsp3) is 0.800. The first-order chi connectivity index (χ1) is 6.22. The zero-order valence-electron chi connectivity index (χ0n) is 9.59. The average molecular weight is 200 g/mol. The van der Waals surface area contributed by atoms with Gasteiger partial charge in [-0.15, -0.1) is 0 Å². The van der Waals surface area contributed by atoms with Gasteiger partial charge < -0.3 is 10.4 Å². The van der Waals surface area contributed by atoms with Gasteiger partial charge in [0.25, 0.3) is 5.91 Å². The fourth-order valence-corrected chi connectivity index (χ4v) is 0.870. The summed E-state index contributed by atoms with van der Waals surface area (Å²) in [5.41, 5.74) is -0.433. The molecule has 2 N–H and O–H groups in total. The van der Waals surface area contributed by atoms with E-state index in [4.69, 9.17) is 0 Å². The number of nitrogens with zero attached hydrogens (tertiary/aromatic N) is 1. The van der Waals surface area contributed by atoms with Crippen LogP contribution < -0.4 is 5.32 Å². The van der Waals surface area contributed by atoms with E-state index in [1.165, 1.54) is 0 Å². The van der Waals surface area contributed by atoms with Gasteiger partial charge in [-0.3, -0.25) is 9.79 Å². The third kappa shape index (κ3) is 6.60. The third-order valence-corrected chi connectivity index (χ3v) is 1.46. The summed E-state index contributed by atoms with van der Waals surface area (Å²) >= 11 is 0. The van der Waals surface area contributed by atoms with Crippen LogP contribution in [0, 0.1) is 0 Å². The molecule has 4 heteroatoms. The van der Waals surface area contributed by atoms with Crippen LogP contribution in [0.3, 0.4) is 0 Å². The number of carbonyl (C=O) groups excluding carboxylic acids is 1. The minimum atomic E-state index is -0.881. The first-order valence-electron chi connectivity index (χ1n) is 4.77. The molecular weight excluding hydrogens is 180 g/mol. The van der Waals surface area contributed by atoms with Crippen LogP contribution in [0.15, 0.2) is 4.99 Å². The Morgan fingerprint density at radius 3 is 2.36 bits per heavy atom. The summed E-state index contributed by atoms with van der Waals surface area (Å²) < 4.78 is 0. The summed E-state index contributed by atoms with van der Waals surface area (Å²) in [6.45, 7) is 9.00. The van der Waals surface area contributed by atoms with E-state index in [0.29, 0.717) is 5.71 Å². The molecule has 0 saturated carbocycles. The molecule has 0 fully saturated rings. The minimum absolute atomic E-state index is 0.114. The maximum absolute atomic E-state index is 11.4. The van der Waals surface area contributed by atoms with Crippen molar-refractivity contribution in [1.29, 1.82) is 0 Å². The van der Waals surface area contributed by atoms with Crippen molar-refractivity contribution in [1.82, 2.24) is 5.32 Å². The lowest BCUT2D eigenvalue weighted by molar-refractivity contribution is -0.115. The molecule has 0 rings (SSSR count). The largest absolute Gasteiger partial charge is 0.389 e. The predicted molar refractivity (Wildman–Crippen MR) is 57.6 cm³/mol. The van der Waals surface area contributed by atoms with Gasteiger partial charge in [-0.05, 0) is 34.6 Å². The van der Waals surface area contributed by atoms with E-state index < -0.39 is 5.60 Å². The van der Waals surface area contributed by atoms with Gasteiger partial charge >= 0.3 is 0 Å². The van der Waals surface area contributed by atoms with E-state index in [1.807, 2.05) is 13.8 Å². The van der Waals surface area contributed by atoms with Gasteiger partial charge in [0.1, 0.15) is 0 Å². The highest BCUT2D eigenvalue weighted by atomic mass is 16.3. The van der Waals surface area contributed by atoms with Crippen molar-refractivity contribution in [2.24, 2.45) is 4.99 Å². The number of nitrogens with one attached hydrogen (secondary N) is 1. The van der Waals surface area contributed by atoms with Crippen molar-refractivity contribution in [3.05, 3.63) is 0 Å². The molecular formula is C10H20N2O2. The SMILES string of the molecule is CC(=NC(C)C)C(=O)NCC(C)(C)O. The molecule has 0 aromatic rings. The van der Waals surface area contributed by atoms with Crippen molar-refractivity contribution < 1.29 is 9.90 Å². The van der Waals surface area contributed by atoms with Crippen molar-refractivity contribution in [2.75, 3.05) is 6.54 Å². The van der Waals surface area contributed by atoms with Crippen LogP contribution in [0.1, 0.15) is 34.6 Å². The number of carbonyl (C=O) groups is 1. The van der Waals surface area contributed by atoms with Gasteiger partial charge in [0, 0.05) is 12.6 Å². The molecule has 0 aromatic carbocycles. The Morgan fingerprint density at radius 1 is 1.50 bits per heavy atom. The molecule has 0 saturated heterocycles. The molecule has 0 atom stereocenters. The number of aliphatic imine (C=N–C) groups is 1. The Hall–Kier alpha value is -0.900. The monoisotopic (exact) mass is 200 g/mol. The zero-order valence-corrected chi connectivity index (χ0v) is 9.59. The Balaban J connectivity index is 4.10. The van der Waals surface area contributed by atoms with Crippen LogP contribution in [0.5, 0.6) is 0 Å². The lowest BCUT2D eigenvalue weighted by Gasteiger charge is -2.17. The number of hydrogen-bond donors (Lipinski definition) is 2. The first kappa shape index (κ1) is 13.1. The highest BCUT2D eigenvalue weighted by Crippen LogP contribution is 1.97. The molecule has 0 unspecified atom stereocenters. The summed E-state index contributed by atoms with van der Waals surface area (Å²) in [4.78, 5) is 15.5. The molecule has 0 radical (unpaired) electrons. The highest BCUT2D eigenvalue weighted by Gasteiger charge is 2.14. The summed E-state index contributed by atoms with van der Waals surface area (Å²) in [6.07, 6.45) is 0. The van der Waals surface area contributed by atoms with Gasteiger partial charge in [0.15, 0.2) is 0 Å². The number of amides is 1. The maximum Gasteiger partial charge on any atom is 0.265 e. The third-order valence-electron chi connectivity index (χ3n) is 1.46. The van der Waals surface area contributed by atoms with Crippen LogP contribution in [-0.4, -0.2) is 34.9 Å². The standard InChI is InChI=1S/C10H20N2O2/c1-7(2)12-8(3)9(13)11-6-10(4,5)14/h7,14H,6H2,1-5H3,(H,11,13). The molecule has 0 spiro atoms. The van der Waals surface area contributed by atoms with Gasteiger partial charge in [0.2, 0.25) is 0 Å². The van der Waals surface area contributed by atoms with Crippen LogP contribution in [0.25, 0.3) is 0 Å². The van der Waals surface area contributed by atoms with Crippen LogP contribution >= 0.6 is 0 Å². The normalized spacial score (nSPS) is 13.2. The second-order valence-electron chi connectivity index (χ2n) is 4.30. The van der Waals surface area contributed by atoms with Crippen LogP contribution in [0.4, 0.5) is 0 Å². The zero-order chi connectivity index (χ0) is 11.4. The summed E-state index contributed by atoms with van der Waals surface area (Å²) in [5, 5.41) is 12.0. The van der Waals surface area contributed by atoms with Gasteiger partial charge in [-0.25, -0.2) is 0 Å². The lowest BCUT2D eigenvalue weighted by atomic mass is 10.1. The number of hydrogen-bond acceptors (Lipinski definition) is 3. The second-order valence-corrected chi connectivity index (χ2v) is 4.30. The molecule has 0 heterocycles. The molecule has 14 heavy (non-hydrogen) atoms. The molecule has 0 aliphatic heterocycles. The second kappa shape index (κ2) is 5.10. The van der Waals surface area contributed by atoms with E-state index in [1.54, 1.807) is 20.8 Å².